The topological polar surface area (TPSA) is 20.2 Å². The highest BCUT2D eigenvalue weighted by atomic mass is 35.5. The summed E-state index contributed by atoms with van der Waals surface area (Å²) >= 11 is 11.9. The van der Waals surface area contributed by atoms with E-state index in [-0.39, 0.29) is 12.0 Å². The van der Waals surface area contributed by atoms with Gasteiger partial charge in [0.1, 0.15) is 0 Å². The van der Waals surface area contributed by atoms with E-state index in [1.54, 1.807) is 0 Å². The van der Waals surface area contributed by atoms with Crippen LogP contribution in [0.1, 0.15) is 25.3 Å². The van der Waals surface area contributed by atoms with Gasteiger partial charge >= 0.3 is 0 Å². The van der Waals surface area contributed by atoms with Crippen molar-refractivity contribution in [3.63, 3.8) is 0 Å². The van der Waals surface area contributed by atoms with E-state index < -0.39 is 0 Å². The molecule has 16 heavy (non-hydrogen) atoms. The van der Waals surface area contributed by atoms with Gasteiger partial charge in [-0.2, -0.15) is 0 Å². The lowest BCUT2D eigenvalue weighted by Gasteiger charge is -2.27. The van der Waals surface area contributed by atoms with Crippen molar-refractivity contribution in [2.24, 2.45) is 11.3 Å². The first-order valence-electron chi connectivity index (χ1n) is 5.60. The summed E-state index contributed by atoms with van der Waals surface area (Å²) in [6.45, 7) is 2.38. The van der Waals surface area contributed by atoms with Crippen LogP contribution in [0.15, 0.2) is 18.2 Å². The van der Waals surface area contributed by atoms with Crippen LogP contribution < -0.4 is 0 Å². The van der Waals surface area contributed by atoms with E-state index in [2.05, 4.69) is 6.92 Å². The number of hydrogen-bond acceptors (Lipinski definition) is 1. The Hall–Kier alpha value is -0.240. The second-order valence-corrected chi connectivity index (χ2v) is 5.83. The maximum atomic E-state index is 9.52. The summed E-state index contributed by atoms with van der Waals surface area (Å²) in [6, 6.07) is 5.72. The van der Waals surface area contributed by atoms with Crippen molar-refractivity contribution in [3.05, 3.63) is 33.8 Å². The highest BCUT2D eigenvalue weighted by Crippen LogP contribution is 2.47. The van der Waals surface area contributed by atoms with Crippen LogP contribution in [0.2, 0.25) is 10.0 Å². The fourth-order valence-corrected chi connectivity index (χ4v) is 2.55. The van der Waals surface area contributed by atoms with Crippen molar-refractivity contribution < 1.29 is 5.11 Å². The quantitative estimate of drug-likeness (QED) is 0.868. The molecule has 0 radical (unpaired) electrons. The first-order chi connectivity index (χ1) is 7.55. The van der Waals surface area contributed by atoms with Crippen LogP contribution in [0.4, 0.5) is 0 Å². The Morgan fingerprint density at radius 3 is 2.50 bits per heavy atom. The van der Waals surface area contributed by atoms with E-state index >= 15 is 0 Å². The number of benzene rings is 1. The van der Waals surface area contributed by atoms with E-state index in [1.807, 2.05) is 18.2 Å². The zero-order chi connectivity index (χ0) is 11.8. The lowest BCUT2D eigenvalue weighted by molar-refractivity contribution is 0.119. The van der Waals surface area contributed by atoms with Gasteiger partial charge in [0.05, 0.1) is 10.0 Å². The molecule has 1 saturated carbocycles. The summed E-state index contributed by atoms with van der Waals surface area (Å²) in [6.07, 6.45) is 3.34. The monoisotopic (exact) mass is 258 g/mol. The summed E-state index contributed by atoms with van der Waals surface area (Å²) in [4.78, 5) is 0. The number of rotatable bonds is 4. The first kappa shape index (κ1) is 12.2. The van der Waals surface area contributed by atoms with Gasteiger partial charge in [-0.3, -0.25) is 0 Å². The average Bonchev–Trinajstić information content (AvgIpc) is 3.07. The number of aliphatic hydroxyl groups excluding tert-OH is 1. The van der Waals surface area contributed by atoms with E-state index in [0.717, 1.165) is 12.0 Å². The third-order valence-corrected chi connectivity index (χ3v) is 4.26. The molecule has 1 atom stereocenters. The predicted molar refractivity (Wildman–Crippen MR) is 68.1 cm³/mol. The largest absolute Gasteiger partial charge is 0.396 e. The molecule has 0 aliphatic heterocycles. The maximum absolute atomic E-state index is 9.52. The smallest absolute Gasteiger partial charge is 0.0595 e. The lowest BCUT2D eigenvalue weighted by Crippen LogP contribution is -2.26. The van der Waals surface area contributed by atoms with Gasteiger partial charge in [-0.05, 0) is 48.3 Å². The van der Waals surface area contributed by atoms with Crippen LogP contribution in [0, 0.1) is 11.3 Å². The van der Waals surface area contributed by atoms with Crippen molar-refractivity contribution in [2.45, 2.75) is 26.2 Å². The molecule has 0 amide bonds. The SMILES string of the molecule is CC(CO)(Cc1ccc(Cl)c(Cl)c1)C1CC1. The van der Waals surface area contributed by atoms with Crippen molar-refractivity contribution in [1.82, 2.24) is 0 Å². The van der Waals surface area contributed by atoms with Gasteiger partial charge in [0.15, 0.2) is 0 Å². The van der Waals surface area contributed by atoms with Gasteiger partial charge in [-0.25, -0.2) is 0 Å². The molecule has 0 aromatic heterocycles. The Morgan fingerprint density at radius 1 is 1.31 bits per heavy atom. The molecule has 1 nitrogen and oxygen atoms in total. The normalized spacial score (nSPS) is 19.5. The zero-order valence-corrected chi connectivity index (χ0v) is 10.9. The summed E-state index contributed by atoms with van der Waals surface area (Å²) in [5, 5.41) is 10.7. The van der Waals surface area contributed by atoms with Crippen LogP contribution in [0.5, 0.6) is 0 Å². The third kappa shape index (κ3) is 2.53. The fraction of sp³-hybridized carbons (Fsp3) is 0.538. The second kappa shape index (κ2) is 4.56. The van der Waals surface area contributed by atoms with Crippen LogP contribution in [0.3, 0.4) is 0 Å². The van der Waals surface area contributed by atoms with E-state index in [9.17, 15) is 5.11 Å². The predicted octanol–water partition coefficient (Wildman–Crippen LogP) is 3.94. The minimum absolute atomic E-state index is 0.00282. The summed E-state index contributed by atoms with van der Waals surface area (Å²) in [7, 11) is 0. The molecule has 2 rings (SSSR count). The van der Waals surface area contributed by atoms with Gasteiger partial charge in [0.25, 0.3) is 0 Å². The highest BCUT2D eigenvalue weighted by Gasteiger charge is 2.40. The molecule has 1 fully saturated rings. The average molecular weight is 259 g/mol. The Kier molecular flexibility index (Phi) is 3.48. The molecule has 88 valence electrons. The molecule has 3 heteroatoms. The van der Waals surface area contributed by atoms with Crippen LogP contribution in [0.25, 0.3) is 0 Å². The van der Waals surface area contributed by atoms with Crippen molar-refractivity contribution in [2.75, 3.05) is 6.61 Å². The molecular formula is C13H16Cl2O. The molecular weight excluding hydrogens is 243 g/mol. The first-order valence-corrected chi connectivity index (χ1v) is 6.35. The third-order valence-electron chi connectivity index (χ3n) is 3.52. The Labute approximate surface area is 106 Å². The molecule has 1 unspecified atom stereocenters. The van der Waals surface area contributed by atoms with Gasteiger partial charge < -0.3 is 5.11 Å². The lowest BCUT2D eigenvalue weighted by atomic mass is 9.80. The molecule has 1 aromatic carbocycles. The molecule has 0 bridgehead atoms. The van der Waals surface area contributed by atoms with E-state index in [0.29, 0.717) is 16.0 Å². The Bertz CT molecular complexity index is 388. The fourth-order valence-electron chi connectivity index (χ4n) is 2.23. The van der Waals surface area contributed by atoms with Crippen LogP contribution >= 0.6 is 23.2 Å². The highest BCUT2D eigenvalue weighted by molar-refractivity contribution is 6.42. The van der Waals surface area contributed by atoms with Gasteiger partial charge in [0.2, 0.25) is 0 Å². The van der Waals surface area contributed by atoms with Gasteiger partial charge in [-0.1, -0.05) is 36.2 Å². The molecule has 1 aromatic rings. The van der Waals surface area contributed by atoms with Gasteiger partial charge in [-0.15, -0.1) is 0 Å². The summed E-state index contributed by atoms with van der Waals surface area (Å²) in [5.41, 5.74) is 1.15. The van der Waals surface area contributed by atoms with Crippen LogP contribution in [-0.2, 0) is 6.42 Å². The van der Waals surface area contributed by atoms with Crippen molar-refractivity contribution >= 4 is 23.2 Å². The molecule has 0 saturated heterocycles. The second-order valence-electron chi connectivity index (χ2n) is 5.01. The molecule has 0 heterocycles. The molecule has 0 spiro atoms. The van der Waals surface area contributed by atoms with Gasteiger partial charge in [0, 0.05) is 6.61 Å². The minimum atomic E-state index is -0.00282. The van der Waals surface area contributed by atoms with Crippen LogP contribution in [-0.4, -0.2) is 11.7 Å². The summed E-state index contributed by atoms with van der Waals surface area (Å²) < 4.78 is 0. The Morgan fingerprint density at radius 2 is 2.00 bits per heavy atom. The van der Waals surface area contributed by atoms with E-state index in [4.69, 9.17) is 23.2 Å². The number of halogens is 2. The summed E-state index contributed by atoms with van der Waals surface area (Å²) in [5.74, 6) is 0.659. The standard InChI is InChI=1S/C13H16Cl2O/c1-13(8-16,10-3-4-10)7-9-2-5-11(14)12(15)6-9/h2,5-6,10,16H,3-4,7-8H2,1H3. The maximum Gasteiger partial charge on any atom is 0.0595 e. The Balaban J connectivity index is 2.15. The molecule has 1 aliphatic carbocycles. The number of aliphatic hydroxyl groups is 1. The number of hydrogen-bond donors (Lipinski definition) is 1. The molecule has 1 aliphatic rings. The van der Waals surface area contributed by atoms with E-state index in [1.165, 1.54) is 12.8 Å². The van der Waals surface area contributed by atoms with Crippen molar-refractivity contribution in [3.8, 4) is 0 Å². The molecule has 1 N–H and O–H groups in total. The van der Waals surface area contributed by atoms with Crippen molar-refractivity contribution in [1.29, 1.82) is 0 Å². The zero-order valence-electron chi connectivity index (χ0n) is 9.34. The minimum Gasteiger partial charge on any atom is -0.396 e.